The number of pyridine rings is 6. The van der Waals surface area contributed by atoms with E-state index in [0.717, 1.165) is 176 Å². The summed E-state index contributed by atoms with van der Waals surface area (Å²) in [5.74, 6) is 0.428. The van der Waals surface area contributed by atoms with E-state index in [4.69, 9.17) is 33.8 Å². The van der Waals surface area contributed by atoms with Crippen LogP contribution in [0, 0.1) is 11.8 Å². The lowest BCUT2D eigenvalue weighted by molar-refractivity contribution is 0.569. The van der Waals surface area contributed by atoms with Crippen LogP contribution in [0.1, 0.15) is 11.1 Å². The summed E-state index contributed by atoms with van der Waals surface area (Å²) in [5.41, 5.74) is 28.2. The highest BCUT2D eigenvalue weighted by Crippen LogP contribution is 2.55. The van der Waals surface area contributed by atoms with Gasteiger partial charge in [0.2, 0.25) is 0 Å². The second kappa shape index (κ2) is 25.1. The predicted octanol–water partition coefficient (Wildman–Crippen LogP) is 27.9. The summed E-state index contributed by atoms with van der Waals surface area (Å²) in [4.78, 5) is 29.7. The van der Waals surface area contributed by atoms with Crippen molar-refractivity contribution < 1.29 is 8.83 Å². The molecule has 14 aromatic carbocycles. The molecule has 26 rings (SSSR count). The molecular formula is C108H62N6O2. The highest BCUT2D eigenvalue weighted by molar-refractivity contribution is 6.29. The van der Waals surface area contributed by atoms with Crippen LogP contribution in [-0.4, -0.2) is 29.9 Å². The fourth-order valence-corrected chi connectivity index (χ4v) is 19.6. The third-order valence-electron chi connectivity index (χ3n) is 24.9. The number of nitrogens with zero attached hydrogens (tertiary/aromatic N) is 6. The Kier molecular flexibility index (Phi) is 13.9. The van der Waals surface area contributed by atoms with Crippen molar-refractivity contribution in [3.63, 3.8) is 0 Å². The standard InChI is InChI=1S/C55H31N3O.C53H31N3O/c1-2-13-39-38(12-1)47-30-34(19-21-40(47)41-22-20-35(31-48(39)41)37-26-28-57-54-43(37)23-18-32-11-8-27-56-53(32)54)33-9-7-10-36(29-33)52-46-25-24-44-42-14-4-6-17-50(42)59-55(44)51(46)45-15-3-5-16-49(45)58-52;1-3-12-45-43(11-1)49-44(25-24-42-38-10-2-4-13-46(38)57-53(42)49)50(56-45)34-8-5-7-33(29-34)35-19-14-30-17-22-40-36(20-15-31-16-21-39(35)47(30)48(31)40)37-26-28-55-52-41(37)23-18-32-9-6-27-54-51(32)52/h1-31H;1-29,47-48H. The van der Waals surface area contributed by atoms with Gasteiger partial charge in [0.25, 0.3) is 0 Å². The summed E-state index contributed by atoms with van der Waals surface area (Å²) in [6, 6.07) is 104. The molecule has 0 N–H and O–H groups in total. The van der Waals surface area contributed by atoms with Gasteiger partial charge < -0.3 is 8.83 Å². The lowest BCUT2D eigenvalue weighted by atomic mass is 9.61. The van der Waals surface area contributed by atoms with E-state index in [1.807, 2.05) is 55.1 Å². The lowest BCUT2D eigenvalue weighted by Gasteiger charge is -2.42. The number of aromatic nitrogens is 6. The molecule has 536 valence electrons. The van der Waals surface area contributed by atoms with Crippen LogP contribution in [-0.2, 0) is 0 Å². The molecule has 4 aliphatic rings. The average Bonchev–Trinajstić information content (AvgIpc) is 0.827. The maximum absolute atomic E-state index is 6.61. The van der Waals surface area contributed by atoms with Crippen molar-refractivity contribution in [1.29, 1.82) is 0 Å². The lowest BCUT2D eigenvalue weighted by Crippen LogP contribution is -2.30. The minimum atomic E-state index is 0.213. The Morgan fingerprint density at radius 3 is 1.34 bits per heavy atom. The summed E-state index contributed by atoms with van der Waals surface area (Å²) in [6.07, 6.45) is 26.2. The summed E-state index contributed by atoms with van der Waals surface area (Å²) in [6.45, 7) is 0. The Balaban J connectivity index is 0.000000130. The van der Waals surface area contributed by atoms with Crippen molar-refractivity contribution in [2.75, 3.05) is 0 Å². The van der Waals surface area contributed by atoms with Gasteiger partial charge in [0.05, 0.1) is 44.5 Å². The van der Waals surface area contributed by atoms with Gasteiger partial charge in [0.15, 0.2) is 0 Å². The maximum atomic E-state index is 6.61. The molecule has 0 amide bonds. The minimum Gasteiger partial charge on any atom is -0.455 e. The number of fused-ring (bicyclic) bond motifs is 26. The third kappa shape index (κ3) is 9.68. The Labute approximate surface area is 663 Å². The number of para-hydroxylation sites is 4. The summed E-state index contributed by atoms with van der Waals surface area (Å²) in [5, 5.41) is 22.9. The van der Waals surface area contributed by atoms with E-state index in [1.54, 1.807) is 0 Å². The van der Waals surface area contributed by atoms with Crippen LogP contribution in [0.5, 0.6) is 0 Å². The largest absolute Gasteiger partial charge is 0.455 e. The number of allylic oxidation sites excluding steroid dienone is 14. The first kappa shape index (κ1) is 64.3. The molecule has 116 heavy (non-hydrogen) atoms. The summed E-state index contributed by atoms with van der Waals surface area (Å²) < 4.78 is 13.2. The second-order valence-corrected chi connectivity index (χ2v) is 30.9. The topological polar surface area (TPSA) is 104 Å². The van der Waals surface area contributed by atoms with Crippen LogP contribution >= 0.6 is 0 Å². The molecule has 8 heterocycles. The number of benzene rings is 14. The van der Waals surface area contributed by atoms with Gasteiger partial charge in [0.1, 0.15) is 22.3 Å². The van der Waals surface area contributed by atoms with Crippen LogP contribution in [0.2, 0.25) is 0 Å². The van der Waals surface area contributed by atoms with E-state index in [0.29, 0.717) is 0 Å². The zero-order chi connectivity index (χ0) is 75.8. The van der Waals surface area contributed by atoms with Gasteiger partial charge >= 0.3 is 0 Å². The van der Waals surface area contributed by atoms with Crippen LogP contribution in [0.25, 0.3) is 219 Å². The average molecular weight is 1480 g/mol. The van der Waals surface area contributed by atoms with E-state index in [9.17, 15) is 0 Å². The molecule has 0 aliphatic heterocycles. The zero-order valence-electron chi connectivity index (χ0n) is 62.3. The van der Waals surface area contributed by atoms with Gasteiger partial charge in [-0.2, -0.15) is 0 Å². The molecule has 0 spiro atoms. The first-order valence-electron chi connectivity index (χ1n) is 39.6. The van der Waals surface area contributed by atoms with Crippen molar-refractivity contribution >= 4 is 174 Å². The van der Waals surface area contributed by atoms with Crippen molar-refractivity contribution in [1.82, 2.24) is 29.9 Å². The summed E-state index contributed by atoms with van der Waals surface area (Å²) >= 11 is 0. The second-order valence-electron chi connectivity index (χ2n) is 30.9. The molecule has 2 atom stereocenters. The van der Waals surface area contributed by atoms with Crippen LogP contribution in [0.3, 0.4) is 0 Å². The Morgan fingerprint density at radius 2 is 0.716 bits per heavy atom. The summed E-state index contributed by atoms with van der Waals surface area (Å²) in [7, 11) is 0. The molecule has 0 fully saturated rings. The molecule has 0 saturated carbocycles. The van der Waals surface area contributed by atoms with Crippen molar-refractivity contribution in [3.05, 3.63) is 398 Å². The van der Waals surface area contributed by atoms with Crippen LogP contribution < -0.4 is 0 Å². The number of furan rings is 2. The fraction of sp³-hybridized carbons (Fsp3) is 0.0185. The third-order valence-corrected chi connectivity index (χ3v) is 24.9. The molecular weight excluding hydrogens is 1410 g/mol. The number of hydrogen-bond donors (Lipinski definition) is 0. The minimum absolute atomic E-state index is 0.213. The first-order chi connectivity index (χ1) is 57.5. The molecule has 0 bridgehead atoms. The van der Waals surface area contributed by atoms with Gasteiger partial charge in [-0.25, -0.2) is 9.97 Å². The quantitative estimate of drug-likeness (QED) is 0.152. The first-order valence-corrected chi connectivity index (χ1v) is 39.6. The van der Waals surface area contributed by atoms with Crippen LogP contribution in [0.15, 0.2) is 396 Å². The highest BCUT2D eigenvalue weighted by atomic mass is 16.3. The zero-order valence-corrected chi connectivity index (χ0v) is 62.3. The van der Waals surface area contributed by atoms with E-state index < -0.39 is 0 Å². The maximum Gasteiger partial charge on any atom is 0.144 e. The Morgan fingerprint density at radius 1 is 0.259 bits per heavy atom. The molecule has 8 nitrogen and oxygen atoms in total. The van der Waals surface area contributed by atoms with Gasteiger partial charge in [-0.1, -0.05) is 255 Å². The highest BCUT2D eigenvalue weighted by Gasteiger charge is 2.41. The van der Waals surface area contributed by atoms with Gasteiger partial charge in [-0.15, -0.1) is 0 Å². The molecule has 4 aliphatic carbocycles. The Hall–Kier alpha value is -15.4. The molecule has 0 saturated heterocycles. The van der Waals surface area contributed by atoms with Crippen LogP contribution in [0.4, 0.5) is 0 Å². The molecule has 0 radical (unpaired) electrons. The fourth-order valence-electron chi connectivity index (χ4n) is 19.6. The molecule has 8 aromatic heterocycles. The van der Waals surface area contributed by atoms with E-state index in [2.05, 4.69) is 314 Å². The van der Waals surface area contributed by atoms with E-state index in [1.165, 1.54) is 76.9 Å². The predicted molar refractivity (Wildman–Crippen MR) is 479 cm³/mol. The van der Waals surface area contributed by atoms with Crippen molar-refractivity contribution in [2.24, 2.45) is 11.8 Å². The van der Waals surface area contributed by atoms with Crippen molar-refractivity contribution in [2.45, 2.75) is 0 Å². The number of hydrogen-bond acceptors (Lipinski definition) is 8. The normalized spacial score (nSPS) is 15.2. The Bertz CT molecular complexity index is 8410. The number of rotatable bonds is 6. The van der Waals surface area contributed by atoms with Gasteiger partial charge in [0, 0.05) is 123 Å². The van der Waals surface area contributed by atoms with Gasteiger partial charge in [-0.05, 0) is 184 Å². The molecule has 2 unspecified atom stereocenters. The molecule has 22 aromatic rings. The molecule has 8 heteroatoms. The monoisotopic (exact) mass is 1470 g/mol. The van der Waals surface area contributed by atoms with Crippen molar-refractivity contribution in [3.8, 4) is 44.8 Å². The van der Waals surface area contributed by atoms with E-state index >= 15 is 0 Å². The van der Waals surface area contributed by atoms with Gasteiger partial charge in [-0.3, -0.25) is 19.9 Å². The smallest absolute Gasteiger partial charge is 0.144 e. The SMILES string of the molecule is C1=CC2=C(c3cccc(-c4nc5ccccc5c5c4ccc4c6ccccc6oc45)c3)C=CC3=CC=C4C(c5ccnc6c5ccc5cccnc56)=CC=C1C4C32.c1cc(-c2ccc3c4ccc(-c5ccnc6c5ccc5cccnc56)cc4c4ccccc4c3c2)cc(-c2nc3ccccc3c3c2ccc2c4ccccc4oc23)c1. The van der Waals surface area contributed by atoms with E-state index in [-0.39, 0.29) is 11.8 Å².